The van der Waals surface area contributed by atoms with Gasteiger partial charge in [0, 0.05) is 11.8 Å². The summed E-state index contributed by atoms with van der Waals surface area (Å²) in [6.45, 7) is 0. The Morgan fingerprint density at radius 2 is 1.58 bits per heavy atom. The zero-order chi connectivity index (χ0) is 17.1. The van der Waals surface area contributed by atoms with Crippen LogP contribution in [0.1, 0.15) is 0 Å². The van der Waals surface area contributed by atoms with E-state index in [0.29, 0.717) is 17.0 Å². The van der Waals surface area contributed by atoms with Crippen LogP contribution in [0.25, 0.3) is 22.3 Å². The molecule has 0 atom stereocenters. The van der Waals surface area contributed by atoms with Gasteiger partial charge in [0.1, 0.15) is 5.75 Å². The minimum atomic E-state index is -0.380. The van der Waals surface area contributed by atoms with Gasteiger partial charge in [-0.1, -0.05) is 36.4 Å². The topological polar surface area (TPSA) is 78.4 Å². The van der Waals surface area contributed by atoms with Crippen molar-refractivity contribution in [1.82, 2.24) is 0 Å². The minimum absolute atomic E-state index is 0.0405. The van der Waals surface area contributed by atoms with E-state index in [1.807, 2.05) is 48.5 Å². The van der Waals surface area contributed by atoms with E-state index in [9.17, 15) is 10.1 Å². The third-order valence-corrected chi connectivity index (χ3v) is 3.84. The number of nitrogens with two attached hydrogens (primary N) is 1. The van der Waals surface area contributed by atoms with Crippen molar-refractivity contribution in [3.8, 4) is 28.0 Å². The molecule has 0 amide bonds. The maximum Gasteiger partial charge on any atom is 0.277 e. The fourth-order valence-corrected chi connectivity index (χ4v) is 2.65. The molecule has 0 radical (unpaired) electrons. The monoisotopic (exact) mass is 320 g/mol. The van der Waals surface area contributed by atoms with Gasteiger partial charge >= 0.3 is 0 Å². The molecule has 2 N–H and O–H groups in total. The number of nitrogen functional groups attached to an aromatic ring is 1. The molecule has 5 nitrogen and oxygen atoms in total. The summed E-state index contributed by atoms with van der Waals surface area (Å²) in [5.74, 6) is 0.572. The van der Waals surface area contributed by atoms with Gasteiger partial charge in [-0.15, -0.1) is 0 Å². The first kappa shape index (κ1) is 15.6. The van der Waals surface area contributed by atoms with E-state index in [4.69, 9.17) is 10.5 Å². The first-order valence-electron chi connectivity index (χ1n) is 7.38. The molecule has 24 heavy (non-hydrogen) atoms. The third-order valence-electron chi connectivity index (χ3n) is 3.84. The van der Waals surface area contributed by atoms with Crippen molar-refractivity contribution in [1.29, 1.82) is 0 Å². The zero-order valence-electron chi connectivity index (χ0n) is 13.1. The molecule has 3 rings (SSSR count). The molecule has 5 heteroatoms. The summed E-state index contributed by atoms with van der Waals surface area (Å²) in [5.41, 5.74) is 9.59. The summed E-state index contributed by atoms with van der Waals surface area (Å²) in [7, 11) is 1.54. The van der Waals surface area contributed by atoms with Crippen LogP contribution in [0.4, 0.5) is 11.4 Å². The lowest BCUT2D eigenvalue weighted by Gasteiger charge is -2.12. The first-order valence-corrected chi connectivity index (χ1v) is 7.38. The lowest BCUT2D eigenvalue weighted by Crippen LogP contribution is -1.95. The molecule has 3 aromatic rings. The molecule has 0 aliphatic heterocycles. The van der Waals surface area contributed by atoms with Gasteiger partial charge in [-0.3, -0.25) is 10.1 Å². The largest absolute Gasteiger partial charge is 0.497 e. The lowest BCUT2D eigenvalue weighted by atomic mass is 9.93. The van der Waals surface area contributed by atoms with Crippen LogP contribution in [0.2, 0.25) is 0 Å². The highest BCUT2D eigenvalue weighted by atomic mass is 16.6. The van der Waals surface area contributed by atoms with Gasteiger partial charge in [-0.25, -0.2) is 0 Å². The number of hydrogen-bond acceptors (Lipinski definition) is 4. The van der Waals surface area contributed by atoms with Crippen LogP contribution in [-0.4, -0.2) is 12.0 Å². The molecule has 0 heterocycles. The number of ether oxygens (including phenoxy) is 1. The fourth-order valence-electron chi connectivity index (χ4n) is 2.65. The summed E-state index contributed by atoms with van der Waals surface area (Å²) >= 11 is 0. The molecule has 0 aromatic heterocycles. The van der Waals surface area contributed by atoms with Crippen molar-refractivity contribution in [2.75, 3.05) is 12.8 Å². The number of hydrogen-bond donors (Lipinski definition) is 1. The fraction of sp³-hybridized carbons (Fsp3) is 0.0526. The second-order valence-electron chi connectivity index (χ2n) is 5.31. The van der Waals surface area contributed by atoms with Crippen LogP contribution in [0.15, 0.2) is 66.7 Å². The van der Waals surface area contributed by atoms with Gasteiger partial charge < -0.3 is 10.5 Å². The van der Waals surface area contributed by atoms with Crippen LogP contribution in [-0.2, 0) is 0 Å². The van der Waals surface area contributed by atoms with Crippen LogP contribution in [0.3, 0.4) is 0 Å². The molecule has 0 saturated carbocycles. The number of benzene rings is 3. The van der Waals surface area contributed by atoms with Crippen molar-refractivity contribution in [2.24, 2.45) is 0 Å². The van der Waals surface area contributed by atoms with Crippen molar-refractivity contribution in [3.63, 3.8) is 0 Å². The Bertz CT molecular complexity index is 889. The van der Waals surface area contributed by atoms with Crippen LogP contribution < -0.4 is 10.5 Å². The normalized spacial score (nSPS) is 10.4. The van der Waals surface area contributed by atoms with Crippen molar-refractivity contribution >= 4 is 11.4 Å². The van der Waals surface area contributed by atoms with Gasteiger partial charge in [0.15, 0.2) is 0 Å². The molecule has 0 fully saturated rings. The average Bonchev–Trinajstić information content (AvgIpc) is 2.61. The molecule has 0 aliphatic carbocycles. The highest BCUT2D eigenvalue weighted by Crippen LogP contribution is 2.39. The van der Waals surface area contributed by atoms with Crippen molar-refractivity contribution in [3.05, 3.63) is 76.8 Å². The molecular weight excluding hydrogens is 304 g/mol. The van der Waals surface area contributed by atoms with Crippen LogP contribution in [0.5, 0.6) is 5.75 Å². The second kappa shape index (κ2) is 6.42. The Labute approximate surface area is 139 Å². The van der Waals surface area contributed by atoms with E-state index in [1.165, 1.54) is 13.2 Å². The summed E-state index contributed by atoms with van der Waals surface area (Å²) < 4.78 is 5.23. The van der Waals surface area contributed by atoms with E-state index in [1.54, 1.807) is 12.1 Å². The SMILES string of the molecule is COc1ccc([N+](=O)[O-])c(-c2ccccc2-c2ccc(N)cc2)c1. The zero-order valence-corrected chi connectivity index (χ0v) is 13.1. The third kappa shape index (κ3) is 2.92. The van der Waals surface area contributed by atoms with E-state index in [-0.39, 0.29) is 10.6 Å². The number of nitro groups is 1. The summed E-state index contributed by atoms with van der Waals surface area (Å²) in [5, 5.41) is 11.4. The molecule has 0 unspecified atom stereocenters. The molecule has 3 aromatic carbocycles. The number of nitro benzene ring substituents is 1. The molecule has 120 valence electrons. The standard InChI is InChI=1S/C19H16N2O3/c1-24-15-10-11-19(21(22)23)18(12-15)17-5-3-2-4-16(17)13-6-8-14(20)9-7-13/h2-12H,20H2,1H3. The van der Waals surface area contributed by atoms with Crippen molar-refractivity contribution in [2.45, 2.75) is 0 Å². The van der Waals surface area contributed by atoms with Gasteiger partial charge in [0.05, 0.1) is 17.6 Å². The molecule has 0 bridgehead atoms. The summed E-state index contributed by atoms with van der Waals surface area (Å²) in [6.07, 6.45) is 0. The van der Waals surface area contributed by atoms with E-state index in [0.717, 1.165) is 16.7 Å². The quantitative estimate of drug-likeness (QED) is 0.435. The van der Waals surface area contributed by atoms with E-state index >= 15 is 0 Å². The predicted molar refractivity (Wildman–Crippen MR) is 94.9 cm³/mol. The van der Waals surface area contributed by atoms with E-state index < -0.39 is 0 Å². The van der Waals surface area contributed by atoms with Crippen LogP contribution >= 0.6 is 0 Å². The van der Waals surface area contributed by atoms with Gasteiger partial charge in [0.25, 0.3) is 5.69 Å². The summed E-state index contributed by atoms with van der Waals surface area (Å²) in [6, 6.07) is 19.7. The number of methoxy groups -OCH3 is 1. The molecule has 0 saturated heterocycles. The van der Waals surface area contributed by atoms with Gasteiger partial charge in [-0.2, -0.15) is 0 Å². The maximum atomic E-state index is 11.4. The number of nitrogens with zero attached hydrogens (tertiary/aromatic N) is 1. The Morgan fingerprint density at radius 1 is 0.917 bits per heavy atom. The first-order chi connectivity index (χ1) is 11.6. The lowest BCUT2D eigenvalue weighted by molar-refractivity contribution is -0.384. The number of rotatable bonds is 4. The van der Waals surface area contributed by atoms with Crippen LogP contribution in [0, 0.1) is 10.1 Å². The molecule has 0 aliphatic rings. The number of anilines is 1. The summed E-state index contributed by atoms with van der Waals surface area (Å²) in [4.78, 5) is 11.1. The highest BCUT2D eigenvalue weighted by molar-refractivity contribution is 5.88. The molecule has 0 spiro atoms. The second-order valence-corrected chi connectivity index (χ2v) is 5.31. The predicted octanol–water partition coefficient (Wildman–Crippen LogP) is 4.52. The Hall–Kier alpha value is -3.34. The minimum Gasteiger partial charge on any atom is -0.497 e. The Morgan fingerprint density at radius 3 is 2.21 bits per heavy atom. The Kier molecular flexibility index (Phi) is 4.16. The Balaban J connectivity index is 2.24. The van der Waals surface area contributed by atoms with E-state index in [2.05, 4.69) is 0 Å². The van der Waals surface area contributed by atoms with Gasteiger partial charge in [-0.05, 0) is 41.0 Å². The van der Waals surface area contributed by atoms with Gasteiger partial charge in [0.2, 0.25) is 0 Å². The smallest absolute Gasteiger partial charge is 0.277 e. The van der Waals surface area contributed by atoms with Crippen molar-refractivity contribution < 1.29 is 9.66 Å². The maximum absolute atomic E-state index is 11.4. The average molecular weight is 320 g/mol. The highest BCUT2D eigenvalue weighted by Gasteiger charge is 2.19. The molecular formula is C19H16N2O3.